The van der Waals surface area contributed by atoms with Gasteiger partial charge in [-0.15, -0.1) is 11.3 Å². The second kappa shape index (κ2) is 3.40. The van der Waals surface area contributed by atoms with Gasteiger partial charge in [0.25, 0.3) is 0 Å². The molecule has 0 radical (unpaired) electrons. The largest absolute Gasteiger partial charge is 0.384 e. The van der Waals surface area contributed by atoms with Crippen molar-refractivity contribution in [1.82, 2.24) is 9.78 Å². The molecular weight excluding hydrogens is 206 g/mol. The molecule has 2 aromatic rings. The Labute approximate surface area is 84.7 Å². The van der Waals surface area contributed by atoms with Crippen LogP contribution in [0.25, 0.3) is 0 Å². The molecule has 2 aromatic heterocycles. The van der Waals surface area contributed by atoms with Crippen molar-refractivity contribution in [2.75, 3.05) is 5.73 Å². The van der Waals surface area contributed by atoms with Crippen molar-refractivity contribution >= 4 is 28.8 Å². The first-order valence-electron chi connectivity index (χ1n) is 3.77. The van der Waals surface area contributed by atoms with Gasteiger partial charge in [-0.1, -0.05) is 11.6 Å². The third-order valence-corrected chi connectivity index (χ3v) is 2.90. The molecule has 0 aliphatic heterocycles. The first-order valence-corrected chi connectivity index (χ1v) is 4.96. The molecule has 5 heteroatoms. The van der Waals surface area contributed by atoms with Gasteiger partial charge in [0.1, 0.15) is 5.82 Å². The number of nitrogens with zero attached hydrogens (tertiary/aromatic N) is 2. The summed E-state index contributed by atoms with van der Waals surface area (Å²) in [5.74, 6) is 0.671. The molecule has 0 saturated carbocycles. The molecule has 0 fully saturated rings. The Kier molecular flexibility index (Phi) is 2.24. The summed E-state index contributed by atoms with van der Waals surface area (Å²) in [6.07, 6.45) is 1.69. The Balaban J connectivity index is 2.19. The molecule has 13 heavy (non-hydrogen) atoms. The van der Waals surface area contributed by atoms with Crippen LogP contribution >= 0.6 is 22.9 Å². The summed E-state index contributed by atoms with van der Waals surface area (Å²) in [4.78, 5) is 1.15. The molecule has 0 saturated heterocycles. The van der Waals surface area contributed by atoms with E-state index in [1.54, 1.807) is 28.3 Å². The van der Waals surface area contributed by atoms with E-state index in [4.69, 9.17) is 17.3 Å². The number of aromatic nitrogens is 2. The van der Waals surface area contributed by atoms with Gasteiger partial charge in [-0.05, 0) is 18.2 Å². The monoisotopic (exact) mass is 213 g/mol. The molecule has 0 aliphatic rings. The Bertz CT molecular complexity index is 407. The zero-order chi connectivity index (χ0) is 9.26. The maximum absolute atomic E-state index is 5.80. The van der Waals surface area contributed by atoms with Gasteiger partial charge in [-0.2, -0.15) is 5.10 Å². The van der Waals surface area contributed by atoms with E-state index in [-0.39, 0.29) is 0 Å². The number of hydrogen-bond acceptors (Lipinski definition) is 3. The fourth-order valence-electron chi connectivity index (χ4n) is 1.06. The SMILES string of the molecule is Nc1ccnn1Cc1ccc(Cl)s1. The lowest BCUT2D eigenvalue weighted by Gasteiger charge is -2.00. The van der Waals surface area contributed by atoms with Crippen LogP contribution in [-0.4, -0.2) is 9.78 Å². The number of thiophene rings is 1. The zero-order valence-electron chi connectivity index (χ0n) is 6.77. The van der Waals surface area contributed by atoms with Crippen LogP contribution in [0.4, 0.5) is 5.82 Å². The highest BCUT2D eigenvalue weighted by Gasteiger charge is 2.01. The smallest absolute Gasteiger partial charge is 0.122 e. The topological polar surface area (TPSA) is 43.8 Å². The summed E-state index contributed by atoms with van der Waals surface area (Å²) >= 11 is 7.34. The van der Waals surface area contributed by atoms with Crippen molar-refractivity contribution in [3.05, 3.63) is 33.6 Å². The predicted molar refractivity (Wildman–Crippen MR) is 55.1 cm³/mol. The van der Waals surface area contributed by atoms with Crippen molar-refractivity contribution in [2.45, 2.75) is 6.54 Å². The van der Waals surface area contributed by atoms with Crippen LogP contribution < -0.4 is 5.73 Å². The lowest BCUT2D eigenvalue weighted by Crippen LogP contribution is -2.03. The van der Waals surface area contributed by atoms with Crippen molar-refractivity contribution in [2.24, 2.45) is 0 Å². The standard InChI is InChI=1S/C8H8ClN3S/c9-7-2-1-6(13-7)5-12-8(10)3-4-11-12/h1-4H,5,10H2. The summed E-state index contributed by atoms with van der Waals surface area (Å²) < 4.78 is 2.53. The first-order chi connectivity index (χ1) is 6.25. The van der Waals surface area contributed by atoms with Gasteiger partial charge in [0.15, 0.2) is 0 Å². The van der Waals surface area contributed by atoms with Gasteiger partial charge in [-0.3, -0.25) is 0 Å². The van der Waals surface area contributed by atoms with Gasteiger partial charge >= 0.3 is 0 Å². The summed E-state index contributed by atoms with van der Waals surface area (Å²) in [6.45, 7) is 0.691. The Morgan fingerprint density at radius 1 is 1.46 bits per heavy atom. The Hall–Kier alpha value is -1.000. The number of anilines is 1. The van der Waals surface area contributed by atoms with Crippen LogP contribution in [0.5, 0.6) is 0 Å². The molecular formula is C8H8ClN3S. The van der Waals surface area contributed by atoms with Crippen LogP contribution in [-0.2, 0) is 6.54 Å². The molecule has 0 aromatic carbocycles. The fraction of sp³-hybridized carbons (Fsp3) is 0.125. The van der Waals surface area contributed by atoms with E-state index in [1.165, 1.54) is 0 Å². The number of rotatable bonds is 2. The molecule has 3 nitrogen and oxygen atoms in total. The van der Waals surface area contributed by atoms with Crippen LogP contribution in [0.2, 0.25) is 4.34 Å². The molecule has 0 atom stereocenters. The maximum atomic E-state index is 5.80. The van der Waals surface area contributed by atoms with Crippen molar-refractivity contribution < 1.29 is 0 Å². The van der Waals surface area contributed by atoms with E-state index in [2.05, 4.69) is 5.10 Å². The van der Waals surface area contributed by atoms with Gasteiger partial charge < -0.3 is 5.73 Å². The average molecular weight is 214 g/mol. The fourth-order valence-corrected chi connectivity index (χ4v) is 2.13. The molecule has 68 valence electrons. The highest BCUT2D eigenvalue weighted by Crippen LogP contribution is 2.22. The molecule has 2 heterocycles. The van der Waals surface area contributed by atoms with Crippen LogP contribution in [0.1, 0.15) is 4.88 Å². The predicted octanol–water partition coefficient (Wildman–Crippen LogP) is 2.23. The minimum absolute atomic E-state index is 0.671. The van der Waals surface area contributed by atoms with Gasteiger partial charge in [0.2, 0.25) is 0 Å². The minimum atomic E-state index is 0.671. The van der Waals surface area contributed by atoms with E-state index in [0.717, 1.165) is 9.21 Å². The van der Waals surface area contributed by atoms with Gasteiger partial charge in [0.05, 0.1) is 17.1 Å². The Morgan fingerprint density at radius 2 is 2.31 bits per heavy atom. The first kappa shape index (κ1) is 8.59. The summed E-state index contributed by atoms with van der Waals surface area (Å²) in [5, 5.41) is 4.08. The van der Waals surface area contributed by atoms with Crippen molar-refractivity contribution in [3.63, 3.8) is 0 Å². The van der Waals surface area contributed by atoms with Crippen LogP contribution in [0, 0.1) is 0 Å². The lowest BCUT2D eigenvalue weighted by molar-refractivity contribution is 0.705. The molecule has 0 spiro atoms. The number of halogens is 1. The van der Waals surface area contributed by atoms with E-state index < -0.39 is 0 Å². The highest BCUT2D eigenvalue weighted by atomic mass is 35.5. The molecule has 2 N–H and O–H groups in total. The summed E-state index contributed by atoms with van der Waals surface area (Å²) in [5.41, 5.74) is 5.67. The van der Waals surface area contributed by atoms with Crippen molar-refractivity contribution in [3.8, 4) is 0 Å². The quantitative estimate of drug-likeness (QED) is 0.832. The van der Waals surface area contributed by atoms with E-state index in [1.807, 2.05) is 12.1 Å². The van der Waals surface area contributed by atoms with Crippen LogP contribution in [0.15, 0.2) is 24.4 Å². The lowest BCUT2D eigenvalue weighted by atomic mass is 10.5. The third-order valence-electron chi connectivity index (χ3n) is 1.68. The normalized spacial score (nSPS) is 10.5. The Morgan fingerprint density at radius 3 is 2.85 bits per heavy atom. The van der Waals surface area contributed by atoms with E-state index >= 15 is 0 Å². The van der Waals surface area contributed by atoms with E-state index in [9.17, 15) is 0 Å². The third kappa shape index (κ3) is 1.84. The zero-order valence-corrected chi connectivity index (χ0v) is 8.35. The van der Waals surface area contributed by atoms with Crippen molar-refractivity contribution in [1.29, 1.82) is 0 Å². The second-order valence-corrected chi connectivity index (χ2v) is 4.42. The van der Waals surface area contributed by atoms with E-state index in [0.29, 0.717) is 12.4 Å². The van der Waals surface area contributed by atoms with Gasteiger partial charge in [0, 0.05) is 4.88 Å². The second-order valence-electron chi connectivity index (χ2n) is 2.62. The van der Waals surface area contributed by atoms with Gasteiger partial charge in [-0.25, -0.2) is 4.68 Å². The average Bonchev–Trinajstić information content (AvgIpc) is 2.64. The number of hydrogen-bond donors (Lipinski definition) is 1. The maximum Gasteiger partial charge on any atom is 0.122 e. The van der Waals surface area contributed by atoms with Crippen LogP contribution in [0.3, 0.4) is 0 Å². The molecule has 2 rings (SSSR count). The highest BCUT2D eigenvalue weighted by molar-refractivity contribution is 7.16. The number of nitrogens with two attached hydrogens (primary N) is 1. The molecule has 0 amide bonds. The molecule has 0 aliphatic carbocycles. The molecule has 0 unspecified atom stereocenters. The number of nitrogen functional groups attached to an aromatic ring is 1. The summed E-state index contributed by atoms with van der Waals surface area (Å²) in [7, 11) is 0. The minimum Gasteiger partial charge on any atom is -0.384 e. The summed E-state index contributed by atoms with van der Waals surface area (Å²) in [6, 6.07) is 5.63. The molecule has 0 bridgehead atoms.